The number of hydrogen-bond donors (Lipinski definition) is 1. The van der Waals surface area contributed by atoms with Crippen LogP contribution in [0.25, 0.3) is 5.69 Å². The Morgan fingerprint density at radius 3 is 2.46 bits per heavy atom. The number of anilines is 1. The van der Waals surface area contributed by atoms with Gasteiger partial charge in [0, 0.05) is 25.0 Å². The molecule has 0 unspecified atom stereocenters. The molecule has 0 aliphatic rings. The Balaban J connectivity index is 1.86. The summed E-state index contributed by atoms with van der Waals surface area (Å²) in [4.78, 5) is 16.4. The Hall–Kier alpha value is -3.09. The van der Waals surface area contributed by atoms with Gasteiger partial charge in [0.1, 0.15) is 5.82 Å². The highest BCUT2D eigenvalue weighted by molar-refractivity contribution is 5.39. The van der Waals surface area contributed by atoms with E-state index >= 15 is 0 Å². The molecular weight excluding hydrogens is 319 g/mol. The molecule has 0 aliphatic carbocycles. The van der Waals surface area contributed by atoms with Gasteiger partial charge in [-0.2, -0.15) is 0 Å². The highest BCUT2D eigenvalue weighted by atomic mass is 19.2. The predicted octanol–water partition coefficient (Wildman–Crippen LogP) is 3.26. The summed E-state index contributed by atoms with van der Waals surface area (Å²) < 4.78 is 40.4. The zero-order chi connectivity index (χ0) is 17.1. The molecule has 0 amide bonds. The fraction of sp³-hybridized carbons (Fsp3) is 0.0588. The second-order valence-corrected chi connectivity index (χ2v) is 5.03. The van der Waals surface area contributed by atoms with E-state index in [2.05, 4.69) is 10.3 Å². The molecule has 7 heteroatoms. The van der Waals surface area contributed by atoms with Gasteiger partial charge < -0.3 is 5.32 Å². The third-order valence-electron chi connectivity index (χ3n) is 3.40. The van der Waals surface area contributed by atoms with Crippen molar-refractivity contribution in [3.8, 4) is 5.69 Å². The smallest absolute Gasteiger partial charge is 0.297 e. The van der Waals surface area contributed by atoms with Crippen LogP contribution in [0, 0.1) is 17.5 Å². The standard InChI is InChI=1S/C17H12F3N3O/c18-12-3-1-11(2-4-12)10-22-16-17(24)23(8-7-21-16)13-5-6-14(19)15(20)9-13/h1-9H,10H2,(H,21,22). The van der Waals surface area contributed by atoms with Crippen LogP contribution in [0.4, 0.5) is 19.0 Å². The summed E-state index contributed by atoms with van der Waals surface area (Å²) in [6, 6.07) is 8.97. The maximum absolute atomic E-state index is 13.3. The molecular formula is C17H12F3N3O. The van der Waals surface area contributed by atoms with Crippen molar-refractivity contribution < 1.29 is 13.2 Å². The van der Waals surface area contributed by atoms with Gasteiger partial charge in [-0.3, -0.25) is 9.36 Å². The molecule has 0 bridgehead atoms. The van der Waals surface area contributed by atoms with Gasteiger partial charge in [0.15, 0.2) is 17.5 Å². The van der Waals surface area contributed by atoms with Crippen molar-refractivity contribution in [3.05, 3.63) is 88.2 Å². The largest absolute Gasteiger partial charge is 0.361 e. The summed E-state index contributed by atoms with van der Waals surface area (Å²) in [7, 11) is 0. The summed E-state index contributed by atoms with van der Waals surface area (Å²) in [6.07, 6.45) is 2.73. The minimum Gasteiger partial charge on any atom is -0.361 e. The molecule has 0 radical (unpaired) electrons. The second-order valence-electron chi connectivity index (χ2n) is 5.03. The number of nitrogens with one attached hydrogen (secondary N) is 1. The lowest BCUT2D eigenvalue weighted by atomic mass is 10.2. The Labute approximate surface area is 135 Å². The monoisotopic (exact) mass is 331 g/mol. The van der Waals surface area contributed by atoms with E-state index in [4.69, 9.17) is 0 Å². The van der Waals surface area contributed by atoms with Crippen LogP contribution < -0.4 is 10.9 Å². The van der Waals surface area contributed by atoms with Gasteiger partial charge in [0.25, 0.3) is 5.56 Å². The minimum absolute atomic E-state index is 0.0477. The lowest BCUT2D eigenvalue weighted by Gasteiger charge is -2.09. The number of aromatic nitrogens is 2. The van der Waals surface area contributed by atoms with Gasteiger partial charge in [-0.15, -0.1) is 0 Å². The van der Waals surface area contributed by atoms with Gasteiger partial charge in [-0.25, -0.2) is 18.2 Å². The molecule has 3 rings (SSSR count). The first kappa shape index (κ1) is 15.8. The van der Waals surface area contributed by atoms with Gasteiger partial charge in [0.2, 0.25) is 0 Å². The quantitative estimate of drug-likeness (QED) is 0.798. The molecule has 2 aromatic carbocycles. The fourth-order valence-electron chi connectivity index (χ4n) is 2.16. The first-order chi connectivity index (χ1) is 11.5. The molecule has 0 saturated heterocycles. The summed E-state index contributed by atoms with van der Waals surface area (Å²) in [6.45, 7) is 0.268. The number of nitrogens with zero attached hydrogens (tertiary/aromatic N) is 2. The number of halogens is 3. The molecule has 1 N–H and O–H groups in total. The van der Waals surface area contributed by atoms with Crippen LogP contribution in [0.1, 0.15) is 5.56 Å². The molecule has 122 valence electrons. The molecule has 3 aromatic rings. The van der Waals surface area contributed by atoms with Gasteiger partial charge >= 0.3 is 0 Å². The zero-order valence-corrected chi connectivity index (χ0v) is 12.3. The van der Waals surface area contributed by atoms with Crippen LogP contribution >= 0.6 is 0 Å². The number of benzene rings is 2. The van der Waals surface area contributed by atoms with Gasteiger partial charge in [0.05, 0.1) is 5.69 Å². The Kier molecular flexibility index (Phi) is 4.33. The van der Waals surface area contributed by atoms with E-state index in [9.17, 15) is 18.0 Å². The topological polar surface area (TPSA) is 46.9 Å². The van der Waals surface area contributed by atoms with Crippen molar-refractivity contribution >= 4 is 5.82 Å². The van der Waals surface area contributed by atoms with Crippen LogP contribution in [0.2, 0.25) is 0 Å². The Morgan fingerprint density at radius 2 is 1.75 bits per heavy atom. The lowest BCUT2D eigenvalue weighted by Crippen LogP contribution is -2.23. The van der Waals surface area contributed by atoms with Gasteiger partial charge in [-0.05, 0) is 29.8 Å². The molecule has 0 spiro atoms. The molecule has 1 aromatic heterocycles. The highest BCUT2D eigenvalue weighted by Crippen LogP contribution is 2.12. The second kappa shape index (κ2) is 6.57. The van der Waals surface area contributed by atoms with E-state index in [1.807, 2.05) is 0 Å². The molecule has 1 heterocycles. The fourth-order valence-corrected chi connectivity index (χ4v) is 2.16. The third-order valence-corrected chi connectivity index (χ3v) is 3.40. The van der Waals surface area contributed by atoms with Crippen molar-refractivity contribution in [3.63, 3.8) is 0 Å². The normalized spacial score (nSPS) is 10.6. The van der Waals surface area contributed by atoms with E-state index < -0.39 is 17.2 Å². The highest BCUT2D eigenvalue weighted by Gasteiger charge is 2.09. The van der Waals surface area contributed by atoms with Crippen LogP contribution in [0.5, 0.6) is 0 Å². The predicted molar refractivity (Wildman–Crippen MR) is 83.5 cm³/mol. The summed E-state index contributed by atoms with van der Waals surface area (Å²) in [5.41, 5.74) is 0.442. The number of rotatable bonds is 4. The average Bonchev–Trinajstić information content (AvgIpc) is 2.58. The molecule has 24 heavy (non-hydrogen) atoms. The van der Waals surface area contributed by atoms with Crippen LogP contribution in [0.15, 0.2) is 59.7 Å². The van der Waals surface area contributed by atoms with E-state index in [1.165, 1.54) is 30.6 Å². The van der Waals surface area contributed by atoms with E-state index in [-0.39, 0.29) is 23.9 Å². The van der Waals surface area contributed by atoms with E-state index in [1.54, 1.807) is 12.1 Å². The van der Waals surface area contributed by atoms with E-state index in [0.29, 0.717) is 0 Å². The first-order valence-electron chi connectivity index (χ1n) is 7.06. The molecule has 4 nitrogen and oxygen atoms in total. The van der Waals surface area contributed by atoms with Crippen LogP contribution in [0.3, 0.4) is 0 Å². The van der Waals surface area contributed by atoms with Crippen molar-refractivity contribution in [1.82, 2.24) is 9.55 Å². The number of hydrogen-bond acceptors (Lipinski definition) is 3. The minimum atomic E-state index is -1.04. The summed E-state index contributed by atoms with van der Waals surface area (Å²) in [5, 5.41) is 2.85. The van der Waals surface area contributed by atoms with Crippen molar-refractivity contribution in [2.24, 2.45) is 0 Å². The Morgan fingerprint density at radius 1 is 1.00 bits per heavy atom. The van der Waals surface area contributed by atoms with Gasteiger partial charge in [-0.1, -0.05) is 12.1 Å². The van der Waals surface area contributed by atoms with Crippen molar-refractivity contribution in [2.75, 3.05) is 5.32 Å². The summed E-state index contributed by atoms with van der Waals surface area (Å²) in [5.74, 6) is -2.34. The molecule has 0 aliphatic heterocycles. The molecule has 0 saturated carbocycles. The Bertz CT molecular complexity index is 923. The van der Waals surface area contributed by atoms with Crippen LogP contribution in [-0.2, 0) is 6.54 Å². The van der Waals surface area contributed by atoms with Crippen molar-refractivity contribution in [1.29, 1.82) is 0 Å². The molecule has 0 atom stereocenters. The van der Waals surface area contributed by atoms with Crippen molar-refractivity contribution in [2.45, 2.75) is 6.54 Å². The SMILES string of the molecule is O=c1c(NCc2ccc(F)cc2)nccn1-c1ccc(F)c(F)c1. The maximum atomic E-state index is 13.3. The molecule has 0 fully saturated rings. The average molecular weight is 331 g/mol. The summed E-state index contributed by atoms with van der Waals surface area (Å²) >= 11 is 0. The lowest BCUT2D eigenvalue weighted by molar-refractivity contribution is 0.508. The maximum Gasteiger partial charge on any atom is 0.297 e. The zero-order valence-electron chi connectivity index (χ0n) is 12.3. The first-order valence-corrected chi connectivity index (χ1v) is 7.06. The third kappa shape index (κ3) is 3.29. The van der Waals surface area contributed by atoms with E-state index in [0.717, 1.165) is 22.3 Å². The van der Waals surface area contributed by atoms with Crippen LogP contribution in [-0.4, -0.2) is 9.55 Å².